The summed E-state index contributed by atoms with van der Waals surface area (Å²) in [5.74, 6) is -0.0383. The van der Waals surface area contributed by atoms with Crippen molar-refractivity contribution in [3.63, 3.8) is 0 Å². The molecule has 3 nitrogen and oxygen atoms in total. The molecule has 3 aromatic carbocycles. The van der Waals surface area contributed by atoms with Gasteiger partial charge in [0, 0.05) is 11.3 Å². The van der Waals surface area contributed by atoms with Gasteiger partial charge >= 0.3 is 0 Å². The van der Waals surface area contributed by atoms with Crippen LogP contribution in [0.1, 0.15) is 57.2 Å². The minimum absolute atomic E-state index is 0.0283. The molecule has 0 fully saturated rings. The minimum Gasteiger partial charge on any atom is -0.508 e. The number of rotatable bonds is 4. The highest BCUT2D eigenvalue weighted by molar-refractivity contribution is 6.04. The van der Waals surface area contributed by atoms with E-state index < -0.39 is 0 Å². The molecule has 0 atom stereocenters. The van der Waals surface area contributed by atoms with Crippen molar-refractivity contribution >= 4 is 11.6 Å². The van der Waals surface area contributed by atoms with Crippen molar-refractivity contribution in [1.82, 2.24) is 0 Å². The SMILES string of the molecule is C=CC(=O)Nc1cccc(-c2cc(C)cc3c2C(C)(C)CCC3(C)C)c1-c1ccc(O)cc1. The number of aryl methyl sites for hydroxylation is 1. The molecule has 0 saturated heterocycles. The third-order valence-corrected chi connectivity index (χ3v) is 7.02. The Morgan fingerprint density at radius 2 is 1.64 bits per heavy atom. The van der Waals surface area contributed by atoms with E-state index >= 15 is 0 Å². The molecule has 0 radical (unpaired) electrons. The highest BCUT2D eigenvalue weighted by Crippen LogP contribution is 2.51. The average molecular weight is 440 g/mol. The third-order valence-electron chi connectivity index (χ3n) is 7.02. The molecular weight excluding hydrogens is 406 g/mol. The van der Waals surface area contributed by atoms with Gasteiger partial charge in [-0.15, -0.1) is 0 Å². The Balaban J connectivity index is 2.08. The average Bonchev–Trinajstić information content (AvgIpc) is 2.77. The number of nitrogens with one attached hydrogen (secondary N) is 1. The fraction of sp³-hybridized carbons (Fsp3) is 0.300. The molecule has 1 aliphatic carbocycles. The van der Waals surface area contributed by atoms with E-state index in [4.69, 9.17) is 0 Å². The Morgan fingerprint density at radius 1 is 0.970 bits per heavy atom. The second kappa shape index (κ2) is 8.22. The first kappa shape index (κ1) is 22.8. The number of aromatic hydroxyl groups is 1. The molecule has 33 heavy (non-hydrogen) atoms. The lowest BCUT2D eigenvalue weighted by molar-refractivity contribution is -0.111. The Morgan fingerprint density at radius 3 is 2.30 bits per heavy atom. The molecule has 4 rings (SSSR count). The Labute approximate surface area is 197 Å². The van der Waals surface area contributed by atoms with E-state index in [0.717, 1.165) is 35.2 Å². The molecule has 3 heteroatoms. The standard InChI is InChI=1S/C30H33NO2/c1-7-26(33)31-25-10-8-9-22(27(25)20-11-13-21(32)14-12-20)23-17-19(2)18-24-28(23)30(5,6)16-15-29(24,3)4/h7-14,17-18,32H,1,15-16H2,2-6H3,(H,31,33). The monoisotopic (exact) mass is 439 g/mol. The highest BCUT2D eigenvalue weighted by atomic mass is 16.3. The summed E-state index contributed by atoms with van der Waals surface area (Å²) in [5.41, 5.74) is 9.04. The zero-order chi connectivity index (χ0) is 24.0. The topological polar surface area (TPSA) is 49.3 Å². The number of benzene rings is 3. The number of phenolic OH excluding ortho intramolecular Hbond substituents is 1. The fourth-order valence-corrected chi connectivity index (χ4v) is 5.15. The van der Waals surface area contributed by atoms with Crippen molar-refractivity contribution in [3.8, 4) is 28.0 Å². The Kier molecular flexibility index (Phi) is 5.69. The number of amides is 1. The number of carbonyl (C=O) groups is 1. The van der Waals surface area contributed by atoms with Gasteiger partial charge in [0.05, 0.1) is 0 Å². The lowest BCUT2D eigenvalue weighted by Gasteiger charge is -2.43. The van der Waals surface area contributed by atoms with Crippen molar-refractivity contribution in [2.45, 2.75) is 58.3 Å². The molecule has 170 valence electrons. The van der Waals surface area contributed by atoms with E-state index in [9.17, 15) is 9.90 Å². The van der Waals surface area contributed by atoms with Gasteiger partial charge in [0.15, 0.2) is 0 Å². The highest BCUT2D eigenvalue weighted by Gasteiger charge is 2.39. The first-order valence-corrected chi connectivity index (χ1v) is 11.6. The first-order valence-electron chi connectivity index (χ1n) is 11.6. The third kappa shape index (κ3) is 4.20. The van der Waals surface area contributed by atoms with Gasteiger partial charge in [0.1, 0.15) is 5.75 Å². The molecular formula is C30H33NO2. The van der Waals surface area contributed by atoms with Gasteiger partial charge < -0.3 is 10.4 Å². The van der Waals surface area contributed by atoms with Gasteiger partial charge in [-0.25, -0.2) is 0 Å². The van der Waals surface area contributed by atoms with Crippen molar-refractivity contribution in [3.05, 3.63) is 83.9 Å². The largest absolute Gasteiger partial charge is 0.508 e. The predicted molar refractivity (Wildman–Crippen MR) is 138 cm³/mol. The van der Waals surface area contributed by atoms with Crippen LogP contribution < -0.4 is 5.32 Å². The van der Waals surface area contributed by atoms with E-state index in [-0.39, 0.29) is 22.5 Å². The van der Waals surface area contributed by atoms with Crippen LogP contribution in [0, 0.1) is 6.92 Å². The maximum Gasteiger partial charge on any atom is 0.247 e. The molecule has 1 aliphatic rings. The van der Waals surface area contributed by atoms with E-state index in [1.54, 1.807) is 12.1 Å². The van der Waals surface area contributed by atoms with Gasteiger partial charge in [0.25, 0.3) is 0 Å². The molecule has 0 unspecified atom stereocenters. The fourth-order valence-electron chi connectivity index (χ4n) is 5.15. The van der Waals surface area contributed by atoms with Gasteiger partial charge in [-0.1, -0.05) is 76.2 Å². The summed E-state index contributed by atoms with van der Waals surface area (Å²) in [6.45, 7) is 15.1. The van der Waals surface area contributed by atoms with Crippen LogP contribution >= 0.6 is 0 Å². The number of fused-ring (bicyclic) bond motifs is 1. The van der Waals surface area contributed by atoms with Crippen LogP contribution in [0.25, 0.3) is 22.3 Å². The van der Waals surface area contributed by atoms with Crippen molar-refractivity contribution in [2.75, 3.05) is 5.32 Å². The van der Waals surface area contributed by atoms with Crippen LogP contribution in [0.2, 0.25) is 0 Å². The normalized spacial score (nSPS) is 16.0. The van der Waals surface area contributed by atoms with E-state index in [1.165, 1.54) is 28.3 Å². The summed E-state index contributed by atoms with van der Waals surface area (Å²) in [6.07, 6.45) is 3.55. The number of phenols is 1. The Hall–Kier alpha value is -3.33. The van der Waals surface area contributed by atoms with Crippen molar-refractivity contribution in [2.24, 2.45) is 0 Å². The summed E-state index contributed by atoms with van der Waals surface area (Å²) in [7, 11) is 0. The van der Waals surface area contributed by atoms with Crippen molar-refractivity contribution < 1.29 is 9.90 Å². The van der Waals surface area contributed by atoms with Gasteiger partial charge in [0.2, 0.25) is 5.91 Å². The smallest absolute Gasteiger partial charge is 0.247 e. The maximum absolute atomic E-state index is 12.3. The van der Waals surface area contributed by atoms with Crippen LogP contribution in [0.4, 0.5) is 5.69 Å². The molecule has 3 aromatic rings. The lowest BCUT2D eigenvalue weighted by Crippen LogP contribution is -2.34. The first-order chi connectivity index (χ1) is 15.5. The van der Waals surface area contributed by atoms with Gasteiger partial charge in [-0.2, -0.15) is 0 Å². The molecule has 0 saturated carbocycles. The molecule has 1 amide bonds. The zero-order valence-corrected chi connectivity index (χ0v) is 20.3. The molecule has 0 aromatic heterocycles. The summed E-state index contributed by atoms with van der Waals surface area (Å²) in [5, 5.41) is 12.9. The number of hydrogen-bond acceptors (Lipinski definition) is 2. The Bertz CT molecular complexity index is 1230. The summed E-state index contributed by atoms with van der Waals surface area (Å²) in [6, 6.07) is 17.8. The zero-order valence-electron chi connectivity index (χ0n) is 20.3. The van der Waals surface area contributed by atoms with E-state index in [2.05, 4.69) is 64.7 Å². The number of carbonyl (C=O) groups excluding carboxylic acids is 1. The predicted octanol–water partition coefficient (Wildman–Crippen LogP) is 7.51. The van der Waals surface area contributed by atoms with Crippen molar-refractivity contribution in [1.29, 1.82) is 0 Å². The number of hydrogen-bond donors (Lipinski definition) is 2. The molecule has 0 spiro atoms. The summed E-state index contributed by atoms with van der Waals surface area (Å²) in [4.78, 5) is 12.3. The molecule has 2 N–H and O–H groups in total. The van der Waals surface area contributed by atoms with Gasteiger partial charge in [-0.3, -0.25) is 4.79 Å². The summed E-state index contributed by atoms with van der Waals surface area (Å²) < 4.78 is 0. The number of anilines is 1. The van der Waals surface area contributed by atoms with Crippen LogP contribution in [0.15, 0.2) is 67.3 Å². The lowest BCUT2D eigenvalue weighted by atomic mass is 9.61. The maximum atomic E-state index is 12.3. The van der Waals surface area contributed by atoms with E-state index in [1.807, 2.05) is 24.3 Å². The second-order valence-corrected chi connectivity index (χ2v) is 10.5. The summed E-state index contributed by atoms with van der Waals surface area (Å²) >= 11 is 0. The molecule has 0 heterocycles. The van der Waals surface area contributed by atoms with Gasteiger partial charge in [-0.05, 0) is 82.7 Å². The quantitative estimate of drug-likeness (QED) is 0.413. The van der Waals surface area contributed by atoms with E-state index in [0.29, 0.717) is 0 Å². The molecule has 0 aliphatic heterocycles. The minimum atomic E-state index is -0.250. The molecule has 0 bridgehead atoms. The second-order valence-electron chi connectivity index (χ2n) is 10.5. The van der Waals surface area contributed by atoms with Crippen LogP contribution in [0.3, 0.4) is 0 Å². The van der Waals surface area contributed by atoms with Crippen LogP contribution in [-0.4, -0.2) is 11.0 Å². The van der Waals surface area contributed by atoms with Crippen LogP contribution in [-0.2, 0) is 15.6 Å². The van der Waals surface area contributed by atoms with Crippen LogP contribution in [0.5, 0.6) is 5.75 Å².